The summed E-state index contributed by atoms with van der Waals surface area (Å²) in [5, 5.41) is 13.8. The van der Waals surface area contributed by atoms with Crippen LogP contribution in [0.1, 0.15) is 21.8 Å². The minimum Gasteiger partial charge on any atom is -0.309 e. The van der Waals surface area contributed by atoms with Crippen molar-refractivity contribution in [2.75, 3.05) is 6.54 Å². The van der Waals surface area contributed by atoms with Crippen LogP contribution in [0.2, 0.25) is 0 Å². The second-order valence-corrected chi connectivity index (χ2v) is 9.20. The molecule has 0 unspecified atom stereocenters. The second-order valence-electron chi connectivity index (χ2n) is 9.20. The zero-order chi connectivity index (χ0) is 23.4. The second kappa shape index (κ2) is 7.78. The Morgan fingerprint density at radius 2 is 1.20 bits per heavy atom. The molecule has 0 amide bonds. The largest absolute Gasteiger partial charge is 0.309 e. The van der Waals surface area contributed by atoms with E-state index in [1.54, 1.807) is 0 Å². The highest BCUT2D eigenvalue weighted by atomic mass is 16.1. The molecule has 0 bridgehead atoms. The lowest BCUT2D eigenvalue weighted by molar-refractivity contribution is 0.106. The molecule has 1 aliphatic rings. The SMILES string of the molecule is O=C(C1=NNC[C@@H]1c1c2ccccc2cc2ccccc12)c1ccc2ccc3ccccc3c2c1. The standard InChI is InChI=1S/C32H22N2O/c35-32(24-16-15-21-14-13-20-7-1-4-10-25(20)28(21)18-24)31-29(19-33-34-31)30-26-11-5-2-8-22(26)17-23-9-3-6-12-27(23)30/h1-18,29,33H,19H2/t29-/m1/s1. The van der Waals surface area contributed by atoms with Crippen molar-refractivity contribution in [1.82, 2.24) is 5.43 Å². The monoisotopic (exact) mass is 450 g/mol. The predicted octanol–water partition coefficient (Wildman–Crippen LogP) is 7.23. The number of benzene rings is 6. The van der Waals surface area contributed by atoms with Crippen LogP contribution in [-0.2, 0) is 0 Å². The summed E-state index contributed by atoms with van der Waals surface area (Å²) in [7, 11) is 0. The molecule has 1 N–H and O–H groups in total. The Morgan fingerprint density at radius 3 is 1.91 bits per heavy atom. The quantitative estimate of drug-likeness (QED) is 0.176. The first kappa shape index (κ1) is 19.9. The van der Waals surface area contributed by atoms with Gasteiger partial charge in [-0.3, -0.25) is 4.79 Å². The highest BCUT2D eigenvalue weighted by molar-refractivity contribution is 6.48. The number of hydrazone groups is 1. The molecule has 35 heavy (non-hydrogen) atoms. The van der Waals surface area contributed by atoms with E-state index in [-0.39, 0.29) is 11.7 Å². The average molecular weight is 451 g/mol. The average Bonchev–Trinajstić information content (AvgIpc) is 3.40. The Balaban J connectivity index is 1.39. The number of Topliss-reactive ketones (excluding diaryl/α,β-unsaturated/α-hetero) is 1. The number of nitrogens with zero attached hydrogens (tertiary/aromatic N) is 1. The molecular weight excluding hydrogens is 428 g/mol. The van der Waals surface area contributed by atoms with E-state index in [0.29, 0.717) is 17.8 Å². The lowest BCUT2D eigenvalue weighted by Crippen LogP contribution is -2.22. The zero-order valence-electron chi connectivity index (χ0n) is 19.0. The summed E-state index contributed by atoms with van der Waals surface area (Å²) >= 11 is 0. The number of rotatable bonds is 3. The van der Waals surface area contributed by atoms with Crippen molar-refractivity contribution < 1.29 is 4.79 Å². The van der Waals surface area contributed by atoms with Crippen LogP contribution >= 0.6 is 0 Å². The first-order chi connectivity index (χ1) is 17.3. The van der Waals surface area contributed by atoms with Crippen LogP contribution in [0.4, 0.5) is 0 Å². The Morgan fingerprint density at radius 1 is 0.629 bits per heavy atom. The third-order valence-corrected chi connectivity index (χ3v) is 7.23. The molecule has 1 aliphatic heterocycles. The molecule has 7 rings (SSSR count). The summed E-state index contributed by atoms with van der Waals surface area (Å²) in [6, 6.07) is 37.6. The Bertz CT molecular complexity index is 1780. The molecule has 1 heterocycles. The van der Waals surface area contributed by atoms with Gasteiger partial charge in [0.15, 0.2) is 0 Å². The van der Waals surface area contributed by atoms with E-state index in [1.165, 1.54) is 32.5 Å². The smallest absolute Gasteiger partial charge is 0.209 e. The van der Waals surface area contributed by atoms with Crippen molar-refractivity contribution >= 4 is 54.6 Å². The van der Waals surface area contributed by atoms with Crippen LogP contribution in [0.5, 0.6) is 0 Å². The summed E-state index contributed by atoms with van der Waals surface area (Å²) in [5.74, 6) is -0.145. The van der Waals surface area contributed by atoms with E-state index in [4.69, 9.17) is 0 Å². The van der Waals surface area contributed by atoms with Gasteiger partial charge in [-0.1, -0.05) is 97.1 Å². The van der Waals surface area contributed by atoms with Crippen LogP contribution in [0.25, 0.3) is 43.1 Å². The van der Waals surface area contributed by atoms with Crippen LogP contribution in [0, 0.1) is 0 Å². The maximum Gasteiger partial charge on any atom is 0.209 e. The van der Waals surface area contributed by atoms with Gasteiger partial charge in [0, 0.05) is 12.1 Å². The molecule has 0 fully saturated rings. The van der Waals surface area contributed by atoms with Gasteiger partial charge in [0.05, 0.1) is 5.92 Å². The van der Waals surface area contributed by atoms with Gasteiger partial charge in [-0.05, 0) is 60.8 Å². The molecule has 0 saturated carbocycles. The summed E-state index contributed by atoms with van der Waals surface area (Å²) in [6.45, 7) is 0.607. The zero-order valence-corrected chi connectivity index (χ0v) is 19.0. The lowest BCUT2D eigenvalue weighted by atomic mass is 9.83. The predicted molar refractivity (Wildman–Crippen MR) is 145 cm³/mol. The van der Waals surface area contributed by atoms with Crippen LogP contribution in [-0.4, -0.2) is 18.0 Å². The van der Waals surface area contributed by atoms with E-state index in [9.17, 15) is 4.79 Å². The molecule has 1 atom stereocenters. The summed E-state index contributed by atoms with van der Waals surface area (Å²) in [5.41, 5.74) is 5.55. The Hall–Kier alpha value is -4.50. The summed E-state index contributed by atoms with van der Waals surface area (Å²) < 4.78 is 0. The molecule has 0 aliphatic carbocycles. The topological polar surface area (TPSA) is 41.5 Å². The van der Waals surface area contributed by atoms with Crippen molar-refractivity contribution in [3.63, 3.8) is 0 Å². The van der Waals surface area contributed by atoms with Gasteiger partial charge in [-0.25, -0.2) is 0 Å². The highest BCUT2D eigenvalue weighted by Gasteiger charge is 2.32. The van der Waals surface area contributed by atoms with Gasteiger partial charge in [-0.15, -0.1) is 0 Å². The molecule has 3 nitrogen and oxygen atoms in total. The Kier molecular flexibility index (Phi) is 4.43. The fourth-order valence-corrected chi connectivity index (χ4v) is 5.56. The van der Waals surface area contributed by atoms with E-state index >= 15 is 0 Å². The number of ketones is 1. The van der Waals surface area contributed by atoms with Crippen molar-refractivity contribution in [2.45, 2.75) is 5.92 Å². The maximum atomic E-state index is 13.9. The number of hydrogen-bond donors (Lipinski definition) is 1. The molecule has 3 heteroatoms. The highest BCUT2D eigenvalue weighted by Crippen LogP contribution is 2.36. The van der Waals surface area contributed by atoms with Crippen LogP contribution in [0.15, 0.2) is 114 Å². The minimum atomic E-state index is -0.123. The molecule has 166 valence electrons. The number of carbonyl (C=O) groups is 1. The van der Waals surface area contributed by atoms with Gasteiger partial charge in [0.25, 0.3) is 0 Å². The summed E-state index contributed by atoms with van der Waals surface area (Å²) in [6.07, 6.45) is 0. The van der Waals surface area contributed by atoms with Crippen molar-refractivity contribution in [1.29, 1.82) is 0 Å². The fraction of sp³-hybridized carbons (Fsp3) is 0.0625. The first-order valence-corrected chi connectivity index (χ1v) is 11.9. The van der Waals surface area contributed by atoms with Crippen molar-refractivity contribution in [3.05, 3.63) is 120 Å². The third kappa shape index (κ3) is 3.12. The van der Waals surface area contributed by atoms with E-state index in [2.05, 4.69) is 89.4 Å². The van der Waals surface area contributed by atoms with Gasteiger partial charge in [0.1, 0.15) is 5.71 Å². The van der Waals surface area contributed by atoms with E-state index in [1.807, 2.05) is 30.3 Å². The summed E-state index contributed by atoms with van der Waals surface area (Å²) in [4.78, 5) is 13.9. The number of carbonyl (C=O) groups excluding carboxylic acids is 1. The molecule has 6 aromatic carbocycles. The molecule has 0 radical (unpaired) electrons. The van der Waals surface area contributed by atoms with Crippen LogP contribution < -0.4 is 5.43 Å². The van der Waals surface area contributed by atoms with Crippen LogP contribution in [0.3, 0.4) is 0 Å². The maximum absolute atomic E-state index is 13.9. The lowest BCUT2D eigenvalue weighted by Gasteiger charge is -2.18. The van der Waals surface area contributed by atoms with Gasteiger partial charge in [-0.2, -0.15) is 5.10 Å². The minimum absolute atomic E-state index is 0.0214. The first-order valence-electron chi connectivity index (χ1n) is 11.9. The molecule has 0 spiro atoms. The molecule has 0 aromatic heterocycles. The molecular formula is C32H22N2O. The fourth-order valence-electron chi connectivity index (χ4n) is 5.56. The van der Waals surface area contributed by atoms with Crippen molar-refractivity contribution in [3.8, 4) is 0 Å². The van der Waals surface area contributed by atoms with Gasteiger partial charge in [0.2, 0.25) is 5.78 Å². The van der Waals surface area contributed by atoms with E-state index in [0.717, 1.165) is 16.2 Å². The van der Waals surface area contributed by atoms with E-state index < -0.39 is 0 Å². The molecule has 0 saturated heterocycles. The van der Waals surface area contributed by atoms with Crippen molar-refractivity contribution in [2.24, 2.45) is 5.10 Å². The molecule has 6 aromatic rings. The van der Waals surface area contributed by atoms with Gasteiger partial charge >= 0.3 is 0 Å². The van der Waals surface area contributed by atoms with Gasteiger partial charge < -0.3 is 5.43 Å². The number of hydrogen-bond acceptors (Lipinski definition) is 3. The number of nitrogens with one attached hydrogen (secondary N) is 1. The normalized spacial score (nSPS) is 15.5. The number of fused-ring (bicyclic) bond motifs is 5. The Labute approximate surface area is 202 Å². The third-order valence-electron chi connectivity index (χ3n) is 7.23.